The fourth-order valence-corrected chi connectivity index (χ4v) is 2.83. The molecule has 4 nitrogen and oxygen atoms in total. The van der Waals surface area contributed by atoms with Crippen molar-refractivity contribution in [2.75, 3.05) is 11.9 Å². The Morgan fingerprint density at radius 3 is 2.58 bits per heavy atom. The van der Waals surface area contributed by atoms with Crippen LogP contribution < -0.4 is 10.2 Å². The molecule has 1 aromatic heterocycles. The summed E-state index contributed by atoms with van der Waals surface area (Å²) in [5.74, 6) is -0.174. The summed E-state index contributed by atoms with van der Waals surface area (Å²) in [4.78, 5) is 18.7. The van der Waals surface area contributed by atoms with Gasteiger partial charge in [-0.1, -0.05) is 60.1 Å². The van der Waals surface area contributed by atoms with E-state index < -0.39 is 0 Å². The van der Waals surface area contributed by atoms with Crippen molar-refractivity contribution >= 4 is 23.2 Å². The zero-order valence-electron chi connectivity index (χ0n) is 14.5. The van der Waals surface area contributed by atoms with Gasteiger partial charge in [0.05, 0.1) is 17.4 Å². The first-order valence-electron chi connectivity index (χ1n) is 8.35. The molecule has 0 aliphatic rings. The van der Waals surface area contributed by atoms with Crippen molar-refractivity contribution in [2.24, 2.45) is 0 Å². The molecule has 26 heavy (non-hydrogen) atoms. The van der Waals surface area contributed by atoms with Gasteiger partial charge in [-0.3, -0.25) is 9.78 Å². The normalized spacial score (nSPS) is 10.4. The Bertz CT molecular complexity index is 883. The van der Waals surface area contributed by atoms with E-state index in [9.17, 15) is 4.79 Å². The third kappa shape index (κ3) is 4.61. The van der Waals surface area contributed by atoms with Crippen LogP contribution in [0.2, 0.25) is 5.02 Å². The van der Waals surface area contributed by atoms with Crippen LogP contribution in [-0.2, 0) is 13.1 Å². The minimum atomic E-state index is -0.174. The lowest BCUT2D eigenvalue weighted by Crippen LogP contribution is -2.24. The number of rotatable bonds is 6. The van der Waals surface area contributed by atoms with Gasteiger partial charge in [-0.15, -0.1) is 0 Å². The molecule has 0 bridgehead atoms. The van der Waals surface area contributed by atoms with Crippen LogP contribution in [0.4, 0.5) is 5.69 Å². The quantitative estimate of drug-likeness (QED) is 0.708. The molecule has 1 heterocycles. The minimum Gasteiger partial charge on any atom is -0.369 e. The van der Waals surface area contributed by atoms with Gasteiger partial charge in [-0.25, -0.2) is 0 Å². The van der Waals surface area contributed by atoms with Gasteiger partial charge < -0.3 is 10.2 Å². The Kier molecular flexibility index (Phi) is 5.87. The highest BCUT2D eigenvalue weighted by molar-refractivity contribution is 6.31. The van der Waals surface area contributed by atoms with E-state index in [1.807, 2.05) is 55.6 Å². The minimum absolute atomic E-state index is 0.174. The number of amides is 1. The zero-order chi connectivity index (χ0) is 18.4. The fraction of sp³-hybridized carbons (Fsp3) is 0.143. The first kappa shape index (κ1) is 18.0. The molecule has 132 valence electrons. The number of benzene rings is 2. The van der Waals surface area contributed by atoms with Gasteiger partial charge in [-0.2, -0.15) is 0 Å². The highest BCUT2D eigenvalue weighted by atomic mass is 35.5. The summed E-state index contributed by atoms with van der Waals surface area (Å²) in [6, 6.07) is 19.5. The number of aromatic nitrogens is 1. The molecule has 0 radical (unpaired) electrons. The second kappa shape index (κ2) is 8.50. The Balaban J connectivity index is 1.66. The summed E-state index contributed by atoms with van der Waals surface area (Å²) in [6.07, 6.45) is 3.33. The van der Waals surface area contributed by atoms with Crippen molar-refractivity contribution in [2.45, 2.75) is 13.1 Å². The lowest BCUT2D eigenvalue weighted by molar-refractivity contribution is 0.0950. The van der Waals surface area contributed by atoms with Gasteiger partial charge in [0.2, 0.25) is 0 Å². The number of hydrogen-bond donors (Lipinski definition) is 1. The van der Waals surface area contributed by atoms with E-state index >= 15 is 0 Å². The van der Waals surface area contributed by atoms with Crippen molar-refractivity contribution in [3.05, 3.63) is 94.8 Å². The molecule has 2 aromatic carbocycles. The van der Waals surface area contributed by atoms with Crippen LogP contribution in [0.25, 0.3) is 0 Å². The van der Waals surface area contributed by atoms with E-state index in [1.54, 1.807) is 12.4 Å². The van der Waals surface area contributed by atoms with Crippen LogP contribution in [0.1, 0.15) is 21.5 Å². The number of nitrogens with zero attached hydrogens (tertiary/aromatic N) is 2. The van der Waals surface area contributed by atoms with Gasteiger partial charge >= 0.3 is 0 Å². The van der Waals surface area contributed by atoms with E-state index in [4.69, 9.17) is 11.6 Å². The molecule has 3 rings (SSSR count). The molecule has 1 amide bonds. The highest BCUT2D eigenvalue weighted by Gasteiger charge is 2.10. The number of carbonyl (C=O) groups excluding carboxylic acids is 1. The summed E-state index contributed by atoms with van der Waals surface area (Å²) in [5, 5.41) is 3.53. The second-order valence-electron chi connectivity index (χ2n) is 6.05. The number of carbonyl (C=O) groups is 1. The molecule has 0 saturated heterocycles. The molecule has 5 heteroatoms. The summed E-state index contributed by atoms with van der Waals surface area (Å²) in [6.45, 7) is 1.12. The lowest BCUT2D eigenvalue weighted by Gasteiger charge is -2.19. The molecule has 0 fully saturated rings. The summed E-state index contributed by atoms with van der Waals surface area (Å²) in [5.41, 5.74) is 3.49. The molecule has 0 spiro atoms. The first-order valence-corrected chi connectivity index (χ1v) is 8.73. The third-order valence-electron chi connectivity index (χ3n) is 4.09. The summed E-state index contributed by atoms with van der Waals surface area (Å²) < 4.78 is 0. The maximum atomic E-state index is 12.4. The van der Waals surface area contributed by atoms with Gasteiger partial charge in [-0.05, 0) is 23.3 Å². The number of nitrogens with one attached hydrogen (secondary N) is 1. The molecular formula is C21H20ClN3O. The Hall–Kier alpha value is -2.85. The fourth-order valence-electron chi connectivity index (χ4n) is 2.63. The molecule has 1 N–H and O–H groups in total. The smallest absolute Gasteiger partial charge is 0.253 e. The lowest BCUT2D eigenvalue weighted by atomic mass is 10.2. The van der Waals surface area contributed by atoms with Gasteiger partial charge in [0, 0.05) is 31.4 Å². The third-order valence-corrected chi connectivity index (χ3v) is 4.46. The molecule has 0 saturated carbocycles. The maximum absolute atomic E-state index is 12.4. The molecule has 0 unspecified atom stereocenters. The molecule has 0 aliphatic heterocycles. The van der Waals surface area contributed by atoms with Gasteiger partial charge in [0.1, 0.15) is 0 Å². The second-order valence-corrected chi connectivity index (χ2v) is 6.45. The molecule has 0 atom stereocenters. The summed E-state index contributed by atoms with van der Waals surface area (Å²) in [7, 11) is 1.98. The van der Waals surface area contributed by atoms with E-state index in [1.165, 1.54) is 5.56 Å². The monoisotopic (exact) mass is 365 g/mol. The average molecular weight is 366 g/mol. The number of halogens is 1. The topological polar surface area (TPSA) is 45.2 Å². The first-order chi connectivity index (χ1) is 12.6. The van der Waals surface area contributed by atoms with Gasteiger partial charge in [0.15, 0.2) is 0 Å². The van der Waals surface area contributed by atoms with Crippen molar-refractivity contribution in [1.82, 2.24) is 10.3 Å². The average Bonchev–Trinajstić information content (AvgIpc) is 2.68. The molecule has 0 aliphatic carbocycles. The number of hydrogen-bond acceptors (Lipinski definition) is 3. The van der Waals surface area contributed by atoms with E-state index in [0.717, 1.165) is 17.8 Å². The number of anilines is 1. The standard InChI is InChI=1S/C21H20ClN3O/c1-25(15-16-7-3-2-4-8-16)19-11-18(12-23-14-19)21(26)24-13-17-9-5-6-10-20(17)22/h2-12,14H,13,15H2,1H3,(H,24,26). The predicted molar refractivity (Wildman–Crippen MR) is 105 cm³/mol. The predicted octanol–water partition coefficient (Wildman–Crippen LogP) is 4.30. The van der Waals surface area contributed by atoms with Crippen molar-refractivity contribution < 1.29 is 4.79 Å². The van der Waals surface area contributed by atoms with Crippen molar-refractivity contribution in [1.29, 1.82) is 0 Å². The van der Waals surface area contributed by atoms with Crippen LogP contribution in [0, 0.1) is 0 Å². The van der Waals surface area contributed by atoms with Crippen LogP contribution >= 0.6 is 11.6 Å². The Morgan fingerprint density at radius 1 is 1.08 bits per heavy atom. The van der Waals surface area contributed by atoms with Crippen LogP contribution in [0.3, 0.4) is 0 Å². The zero-order valence-corrected chi connectivity index (χ0v) is 15.3. The highest BCUT2D eigenvalue weighted by Crippen LogP contribution is 2.17. The maximum Gasteiger partial charge on any atom is 0.253 e. The van der Waals surface area contributed by atoms with Crippen molar-refractivity contribution in [3.63, 3.8) is 0 Å². The Labute approximate surface area is 158 Å². The van der Waals surface area contributed by atoms with Crippen LogP contribution in [0.15, 0.2) is 73.1 Å². The van der Waals surface area contributed by atoms with E-state index in [-0.39, 0.29) is 5.91 Å². The SMILES string of the molecule is CN(Cc1ccccc1)c1cncc(C(=O)NCc2ccccc2Cl)c1. The molecular weight excluding hydrogens is 346 g/mol. The van der Waals surface area contributed by atoms with E-state index in [0.29, 0.717) is 17.1 Å². The van der Waals surface area contributed by atoms with Crippen LogP contribution in [-0.4, -0.2) is 17.9 Å². The van der Waals surface area contributed by atoms with Crippen LogP contribution in [0.5, 0.6) is 0 Å². The molecule has 3 aromatic rings. The number of pyridine rings is 1. The Morgan fingerprint density at radius 2 is 1.81 bits per heavy atom. The summed E-state index contributed by atoms with van der Waals surface area (Å²) >= 11 is 6.13. The van der Waals surface area contributed by atoms with Crippen molar-refractivity contribution in [3.8, 4) is 0 Å². The van der Waals surface area contributed by atoms with Gasteiger partial charge in [0.25, 0.3) is 5.91 Å². The largest absolute Gasteiger partial charge is 0.369 e. The van der Waals surface area contributed by atoms with E-state index in [2.05, 4.69) is 27.3 Å².